The highest BCUT2D eigenvalue weighted by Gasteiger charge is 2.07. The van der Waals surface area contributed by atoms with Gasteiger partial charge in [0.05, 0.1) is 21.3 Å². The van der Waals surface area contributed by atoms with Crippen LogP contribution in [-0.2, 0) is 13.1 Å². The molecule has 3 rings (SSSR count). The van der Waals surface area contributed by atoms with Gasteiger partial charge in [-0.25, -0.2) is 9.97 Å². The molecule has 0 saturated carbocycles. The summed E-state index contributed by atoms with van der Waals surface area (Å²) in [6, 6.07) is 15.6. The minimum atomic E-state index is 0.600. The zero-order valence-electron chi connectivity index (χ0n) is 17.2. The van der Waals surface area contributed by atoms with Gasteiger partial charge in [-0.3, -0.25) is 0 Å². The first kappa shape index (κ1) is 20.3. The molecule has 0 aliphatic carbocycles. The van der Waals surface area contributed by atoms with Gasteiger partial charge in [-0.1, -0.05) is 24.3 Å². The standard InChI is InChI=1S/C22H26N4O3/c1-15-25-21(23-13-16-9-10-19(28-3)20(11-16)29-4)12-22(26-15)24-14-17-7-5-6-8-18(17)27-2/h5-12H,13-14H2,1-4H3,(H2,23,24,25,26). The SMILES string of the molecule is COc1ccccc1CNc1cc(NCc2ccc(OC)c(OC)c2)nc(C)n1. The zero-order chi connectivity index (χ0) is 20.6. The van der Waals surface area contributed by atoms with Crippen molar-refractivity contribution in [3.05, 3.63) is 65.5 Å². The Morgan fingerprint density at radius 1 is 0.724 bits per heavy atom. The van der Waals surface area contributed by atoms with Crippen molar-refractivity contribution >= 4 is 11.6 Å². The van der Waals surface area contributed by atoms with E-state index in [0.29, 0.717) is 30.4 Å². The smallest absolute Gasteiger partial charge is 0.161 e. The molecule has 0 amide bonds. The minimum absolute atomic E-state index is 0.600. The van der Waals surface area contributed by atoms with Crippen molar-refractivity contribution in [3.63, 3.8) is 0 Å². The first-order chi connectivity index (χ1) is 14.1. The van der Waals surface area contributed by atoms with Gasteiger partial charge in [0.2, 0.25) is 0 Å². The molecule has 1 heterocycles. The molecule has 7 heteroatoms. The Balaban J connectivity index is 1.67. The molecule has 7 nitrogen and oxygen atoms in total. The monoisotopic (exact) mass is 394 g/mol. The molecule has 0 bridgehead atoms. The molecule has 1 aromatic heterocycles. The predicted octanol–water partition coefficient (Wildman–Crippen LogP) is 4.04. The number of aromatic nitrogens is 2. The second kappa shape index (κ2) is 9.64. The fourth-order valence-electron chi connectivity index (χ4n) is 2.97. The van der Waals surface area contributed by atoms with Crippen LogP contribution in [0.4, 0.5) is 11.6 Å². The van der Waals surface area contributed by atoms with Gasteiger partial charge in [0, 0.05) is 24.7 Å². The normalized spacial score (nSPS) is 10.3. The Morgan fingerprint density at radius 3 is 2.07 bits per heavy atom. The second-order valence-corrected chi connectivity index (χ2v) is 6.39. The maximum absolute atomic E-state index is 5.40. The number of ether oxygens (including phenoxy) is 3. The van der Waals surface area contributed by atoms with Gasteiger partial charge in [-0.15, -0.1) is 0 Å². The highest BCUT2D eigenvalue weighted by molar-refractivity contribution is 5.50. The minimum Gasteiger partial charge on any atom is -0.496 e. The molecule has 2 aromatic carbocycles. The van der Waals surface area contributed by atoms with Crippen LogP contribution in [-0.4, -0.2) is 31.3 Å². The summed E-state index contributed by atoms with van der Waals surface area (Å²) < 4.78 is 16.0. The van der Waals surface area contributed by atoms with E-state index >= 15 is 0 Å². The number of hydrogen-bond donors (Lipinski definition) is 2. The molecule has 0 radical (unpaired) electrons. The molecule has 0 atom stereocenters. The van der Waals surface area contributed by atoms with Gasteiger partial charge in [-0.2, -0.15) is 0 Å². The lowest BCUT2D eigenvalue weighted by molar-refractivity contribution is 0.354. The van der Waals surface area contributed by atoms with Gasteiger partial charge in [-0.05, 0) is 30.7 Å². The highest BCUT2D eigenvalue weighted by atomic mass is 16.5. The summed E-state index contributed by atoms with van der Waals surface area (Å²) >= 11 is 0. The molecular weight excluding hydrogens is 368 g/mol. The van der Waals surface area contributed by atoms with Crippen LogP contribution >= 0.6 is 0 Å². The van der Waals surface area contributed by atoms with Crippen molar-refractivity contribution in [1.29, 1.82) is 0 Å². The summed E-state index contributed by atoms with van der Waals surface area (Å²) in [5.74, 6) is 4.43. The van der Waals surface area contributed by atoms with Crippen LogP contribution in [0.15, 0.2) is 48.5 Å². The number of aryl methyl sites for hydroxylation is 1. The average molecular weight is 394 g/mol. The summed E-state index contributed by atoms with van der Waals surface area (Å²) in [6.45, 7) is 3.08. The Labute approximate surface area is 171 Å². The largest absolute Gasteiger partial charge is 0.496 e. The van der Waals surface area contributed by atoms with Crippen LogP contribution in [0.3, 0.4) is 0 Å². The van der Waals surface area contributed by atoms with Crippen LogP contribution in [0, 0.1) is 6.92 Å². The Bertz CT molecular complexity index is 963. The maximum Gasteiger partial charge on any atom is 0.161 e. The summed E-state index contributed by atoms with van der Waals surface area (Å²) in [7, 11) is 4.92. The lowest BCUT2D eigenvalue weighted by atomic mass is 10.2. The molecule has 152 valence electrons. The number of benzene rings is 2. The maximum atomic E-state index is 5.40. The first-order valence-electron chi connectivity index (χ1n) is 9.29. The molecule has 3 aromatic rings. The van der Waals surface area contributed by atoms with Crippen LogP contribution in [0.1, 0.15) is 17.0 Å². The number of anilines is 2. The summed E-state index contributed by atoms with van der Waals surface area (Å²) in [6.07, 6.45) is 0. The molecule has 0 fully saturated rings. The van der Waals surface area contributed by atoms with E-state index < -0.39 is 0 Å². The van der Waals surface area contributed by atoms with E-state index in [1.54, 1.807) is 21.3 Å². The number of methoxy groups -OCH3 is 3. The summed E-state index contributed by atoms with van der Waals surface area (Å²) in [5.41, 5.74) is 2.12. The van der Waals surface area contributed by atoms with Crippen molar-refractivity contribution in [1.82, 2.24) is 9.97 Å². The lowest BCUT2D eigenvalue weighted by Crippen LogP contribution is -2.08. The summed E-state index contributed by atoms with van der Waals surface area (Å²) in [4.78, 5) is 8.94. The molecule has 0 unspecified atom stereocenters. The summed E-state index contributed by atoms with van der Waals surface area (Å²) in [5, 5.41) is 6.68. The number of nitrogens with zero attached hydrogens (tertiary/aromatic N) is 2. The quantitative estimate of drug-likeness (QED) is 0.567. The number of hydrogen-bond acceptors (Lipinski definition) is 7. The lowest BCUT2D eigenvalue weighted by Gasteiger charge is -2.13. The van der Waals surface area contributed by atoms with E-state index in [1.807, 2.05) is 55.5 Å². The van der Waals surface area contributed by atoms with Crippen molar-refractivity contribution in [2.75, 3.05) is 32.0 Å². The van der Waals surface area contributed by atoms with Gasteiger partial charge in [0.15, 0.2) is 11.5 Å². The van der Waals surface area contributed by atoms with Gasteiger partial charge < -0.3 is 24.8 Å². The predicted molar refractivity (Wildman–Crippen MR) is 114 cm³/mol. The second-order valence-electron chi connectivity index (χ2n) is 6.39. The highest BCUT2D eigenvalue weighted by Crippen LogP contribution is 2.28. The van der Waals surface area contributed by atoms with E-state index in [-0.39, 0.29) is 0 Å². The molecule has 0 aliphatic heterocycles. The third kappa shape index (κ3) is 5.28. The molecule has 2 N–H and O–H groups in total. The van der Waals surface area contributed by atoms with Crippen molar-refractivity contribution in [3.8, 4) is 17.2 Å². The van der Waals surface area contributed by atoms with Gasteiger partial charge in [0.1, 0.15) is 23.2 Å². The molecule has 0 spiro atoms. The van der Waals surface area contributed by atoms with E-state index in [1.165, 1.54) is 0 Å². The Hall–Kier alpha value is -3.48. The third-order valence-corrected chi connectivity index (χ3v) is 4.41. The van der Waals surface area contributed by atoms with Crippen molar-refractivity contribution < 1.29 is 14.2 Å². The van der Waals surface area contributed by atoms with Crippen LogP contribution in [0.2, 0.25) is 0 Å². The number of para-hydroxylation sites is 1. The fraction of sp³-hybridized carbons (Fsp3) is 0.273. The van der Waals surface area contributed by atoms with Crippen molar-refractivity contribution in [2.45, 2.75) is 20.0 Å². The molecular formula is C22H26N4O3. The fourth-order valence-corrected chi connectivity index (χ4v) is 2.97. The topological polar surface area (TPSA) is 77.5 Å². The van der Waals surface area contributed by atoms with E-state index in [4.69, 9.17) is 14.2 Å². The van der Waals surface area contributed by atoms with Crippen LogP contribution in [0.5, 0.6) is 17.2 Å². The molecule has 0 aliphatic rings. The first-order valence-corrected chi connectivity index (χ1v) is 9.29. The zero-order valence-corrected chi connectivity index (χ0v) is 17.2. The van der Waals surface area contributed by atoms with Crippen molar-refractivity contribution in [2.24, 2.45) is 0 Å². The van der Waals surface area contributed by atoms with E-state index in [2.05, 4.69) is 20.6 Å². The van der Waals surface area contributed by atoms with Gasteiger partial charge >= 0.3 is 0 Å². The Morgan fingerprint density at radius 2 is 1.38 bits per heavy atom. The number of rotatable bonds is 9. The molecule has 29 heavy (non-hydrogen) atoms. The molecule has 0 saturated heterocycles. The average Bonchev–Trinajstić information content (AvgIpc) is 2.75. The van der Waals surface area contributed by atoms with E-state index in [9.17, 15) is 0 Å². The Kier molecular flexibility index (Phi) is 6.73. The van der Waals surface area contributed by atoms with Crippen LogP contribution < -0.4 is 24.8 Å². The number of nitrogens with one attached hydrogen (secondary N) is 2. The van der Waals surface area contributed by atoms with Gasteiger partial charge in [0.25, 0.3) is 0 Å². The third-order valence-electron chi connectivity index (χ3n) is 4.41. The van der Waals surface area contributed by atoms with Crippen LogP contribution in [0.25, 0.3) is 0 Å². The van der Waals surface area contributed by atoms with E-state index in [0.717, 1.165) is 28.5 Å².